The second-order valence-electron chi connectivity index (χ2n) is 5.97. The van der Waals surface area contributed by atoms with E-state index in [9.17, 15) is 24.8 Å². The van der Waals surface area contributed by atoms with Gasteiger partial charge in [0, 0.05) is 22.6 Å². The van der Waals surface area contributed by atoms with E-state index in [0.29, 0.717) is 21.9 Å². The van der Waals surface area contributed by atoms with Gasteiger partial charge in [0.2, 0.25) is 6.79 Å². The molecule has 0 bridgehead atoms. The predicted molar refractivity (Wildman–Crippen MR) is 101 cm³/mol. The third-order valence-electron chi connectivity index (χ3n) is 4.14. The molecule has 0 atom stereocenters. The summed E-state index contributed by atoms with van der Waals surface area (Å²) >= 11 is 0.854. The van der Waals surface area contributed by atoms with Crippen LogP contribution in [-0.2, 0) is 0 Å². The normalized spacial score (nSPS) is 11.5. The van der Waals surface area contributed by atoms with Crippen LogP contribution in [0.25, 0.3) is 10.4 Å². The van der Waals surface area contributed by atoms with Crippen molar-refractivity contribution in [3.05, 3.63) is 69.1 Å². The first-order valence-corrected chi connectivity index (χ1v) is 9.05. The zero-order chi connectivity index (χ0) is 20.5. The molecule has 0 aliphatic carbocycles. The van der Waals surface area contributed by atoms with E-state index in [1.54, 1.807) is 12.1 Å². The van der Waals surface area contributed by atoms with E-state index < -0.39 is 16.8 Å². The average molecular weight is 434 g/mol. The van der Waals surface area contributed by atoms with E-state index in [0.717, 1.165) is 11.3 Å². The number of non-ortho nitro benzene ring substituents is 1. The summed E-state index contributed by atoms with van der Waals surface area (Å²) in [6.07, 6.45) is 0. The molecular weight excluding hydrogens is 423 g/mol. The van der Waals surface area contributed by atoms with Crippen LogP contribution in [0, 0.1) is 10.1 Å². The van der Waals surface area contributed by atoms with Crippen LogP contribution in [0.3, 0.4) is 0 Å². The number of rotatable bonds is 5. The van der Waals surface area contributed by atoms with E-state index in [4.69, 9.17) is 9.47 Å². The summed E-state index contributed by atoms with van der Waals surface area (Å²) in [5.41, 5.74) is 0.618. The van der Waals surface area contributed by atoms with Crippen molar-refractivity contribution in [1.29, 1.82) is 0 Å². The number of anilines is 1. The zero-order valence-electron chi connectivity index (χ0n) is 15.5. The minimum absolute atomic E-state index is 0. The number of hydrogen-bond donors (Lipinski definition) is 1. The van der Waals surface area contributed by atoms with Crippen LogP contribution in [0.1, 0.15) is 20.0 Å². The van der Waals surface area contributed by atoms with Gasteiger partial charge in [0.05, 0.1) is 21.5 Å². The first kappa shape index (κ1) is 21.8. The van der Waals surface area contributed by atoms with Gasteiger partial charge < -0.3 is 24.7 Å². The minimum atomic E-state index is -1.47. The molecule has 1 N–H and O–H groups in total. The Morgan fingerprint density at radius 3 is 2.57 bits per heavy atom. The second-order valence-corrected chi connectivity index (χ2v) is 7.02. The van der Waals surface area contributed by atoms with Crippen molar-refractivity contribution in [2.45, 2.75) is 0 Å². The molecular formula is C19H11N2NaO7S. The summed E-state index contributed by atoms with van der Waals surface area (Å²) in [6, 6.07) is 11.8. The monoisotopic (exact) mass is 434 g/mol. The number of nitro groups is 1. The number of ether oxygens (including phenoxy) is 2. The number of nitro benzene ring substituents is 1. The predicted octanol–water partition coefficient (Wildman–Crippen LogP) is -0.328. The Morgan fingerprint density at radius 1 is 1.07 bits per heavy atom. The van der Waals surface area contributed by atoms with Crippen molar-refractivity contribution in [3.8, 4) is 21.9 Å². The van der Waals surface area contributed by atoms with Crippen molar-refractivity contribution in [2.75, 3.05) is 12.1 Å². The number of hydrogen-bond acceptors (Lipinski definition) is 8. The molecule has 3 aromatic rings. The number of benzene rings is 2. The van der Waals surface area contributed by atoms with Crippen molar-refractivity contribution in [1.82, 2.24) is 0 Å². The van der Waals surface area contributed by atoms with Gasteiger partial charge >= 0.3 is 29.6 Å². The van der Waals surface area contributed by atoms with E-state index in [1.165, 1.54) is 36.4 Å². The van der Waals surface area contributed by atoms with Gasteiger partial charge in [-0.15, -0.1) is 11.3 Å². The number of fused-ring (bicyclic) bond motifs is 1. The fraction of sp³-hybridized carbons (Fsp3) is 0.0526. The Kier molecular flexibility index (Phi) is 6.42. The Balaban J connectivity index is 0.00000256. The maximum atomic E-state index is 12.6. The van der Waals surface area contributed by atoms with Crippen molar-refractivity contribution in [3.63, 3.8) is 0 Å². The van der Waals surface area contributed by atoms with Crippen molar-refractivity contribution < 1.29 is 58.6 Å². The molecule has 1 aliphatic rings. The van der Waals surface area contributed by atoms with Gasteiger partial charge in [0.25, 0.3) is 11.6 Å². The van der Waals surface area contributed by atoms with Gasteiger partial charge in [-0.3, -0.25) is 14.9 Å². The van der Waals surface area contributed by atoms with Crippen molar-refractivity contribution in [2.24, 2.45) is 0 Å². The van der Waals surface area contributed by atoms with Crippen LogP contribution >= 0.6 is 11.3 Å². The van der Waals surface area contributed by atoms with Crippen LogP contribution in [0.15, 0.2) is 48.5 Å². The Hall–Kier alpha value is -2.92. The number of nitrogens with one attached hydrogen (secondary N) is 1. The second kappa shape index (κ2) is 8.84. The van der Waals surface area contributed by atoms with Gasteiger partial charge in [-0.2, -0.15) is 0 Å². The number of carboxylic acids is 1. The maximum absolute atomic E-state index is 12.6. The molecule has 146 valence electrons. The zero-order valence-corrected chi connectivity index (χ0v) is 18.4. The van der Waals surface area contributed by atoms with Gasteiger partial charge in [0.15, 0.2) is 11.5 Å². The SMILES string of the molecule is O=C(Nc1cc(-c2cccc([N+](=O)[O-])c2)sc1C(=O)[O-])c1ccc2c(c1)OCO2.[Na+]. The Bertz CT molecular complexity index is 1160. The van der Waals surface area contributed by atoms with Gasteiger partial charge in [-0.25, -0.2) is 0 Å². The third-order valence-corrected chi connectivity index (χ3v) is 5.31. The largest absolute Gasteiger partial charge is 1.00 e. The molecule has 1 aliphatic heterocycles. The number of nitrogens with zero attached hydrogens (tertiary/aromatic N) is 1. The fourth-order valence-corrected chi connectivity index (χ4v) is 3.73. The maximum Gasteiger partial charge on any atom is 1.00 e. The molecule has 2 heterocycles. The van der Waals surface area contributed by atoms with E-state index in [1.807, 2.05) is 0 Å². The minimum Gasteiger partial charge on any atom is -0.544 e. The standard InChI is InChI=1S/C19H12N2O7S.Na/c22-18(11-4-5-14-15(7-11)28-9-27-14)20-13-8-16(29-17(13)19(23)24)10-2-1-3-12(6-10)21(25)26;/h1-8H,9H2,(H,20,22)(H,23,24);/q;+1/p-1. The number of thiophene rings is 1. The molecule has 30 heavy (non-hydrogen) atoms. The Labute approximate surface area is 195 Å². The molecule has 0 saturated heterocycles. The van der Waals surface area contributed by atoms with Gasteiger partial charge in [-0.05, 0) is 29.8 Å². The molecule has 0 unspecified atom stereocenters. The van der Waals surface area contributed by atoms with Crippen LogP contribution < -0.4 is 49.5 Å². The van der Waals surface area contributed by atoms with Crippen LogP contribution in [0.5, 0.6) is 11.5 Å². The third kappa shape index (κ3) is 4.31. The number of carbonyl (C=O) groups excluding carboxylic acids is 2. The van der Waals surface area contributed by atoms with Crippen LogP contribution in [-0.4, -0.2) is 23.6 Å². The summed E-state index contributed by atoms with van der Waals surface area (Å²) in [5, 5.41) is 25.0. The quantitative estimate of drug-likeness (QED) is 0.331. The number of aromatic carboxylic acids is 1. The summed E-state index contributed by atoms with van der Waals surface area (Å²) in [5.74, 6) is -1.08. The molecule has 0 spiro atoms. The topological polar surface area (TPSA) is 131 Å². The molecule has 4 rings (SSSR count). The number of carbonyl (C=O) groups is 2. The van der Waals surface area contributed by atoms with Crippen molar-refractivity contribution >= 4 is 34.6 Å². The first-order chi connectivity index (χ1) is 13.9. The summed E-state index contributed by atoms with van der Waals surface area (Å²) in [4.78, 5) is 34.8. The molecule has 0 saturated carbocycles. The first-order valence-electron chi connectivity index (χ1n) is 8.23. The molecule has 9 nitrogen and oxygen atoms in total. The molecule has 0 fully saturated rings. The summed E-state index contributed by atoms with van der Waals surface area (Å²) < 4.78 is 10.4. The molecule has 1 amide bonds. The molecule has 11 heteroatoms. The molecule has 0 radical (unpaired) electrons. The van der Waals surface area contributed by atoms with Crippen LogP contribution in [0.2, 0.25) is 0 Å². The fourth-order valence-electron chi connectivity index (χ4n) is 2.78. The van der Waals surface area contributed by atoms with Gasteiger partial charge in [-0.1, -0.05) is 12.1 Å². The average Bonchev–Trinajstić information content (AvgIpc) is 3.34. The smallest absolute Gasteiger partial charge is 0.544 e. The number of carboxylic acid groups (broad SMARTS) is 1. The summed E-state index contributed by atoms with van der Waals surface area (Å²) in [6.45, 7) is 0.0618. The molecule has 2 aromatic carbocycles. The summed E-state index contributed by atoms with van der Waals surface area (Å²) in [7, 11) is 0. The van der Waals surface area contributed by atoms with Gasteiger partial charge in [0.1, 0.15) is 0 Å². The Morgan fingerprint density at radius 2 is 1.83 bits per heavy atom. The van der Waals surface area contributed by atoms with E-state index in [2.05, 4.69) is 5.32 Å². The van der Waals surface area contributed by atoms with E-state index >= 15 is 0 Å². The van der Waals surface area contributed by atoms with Crippen LogP contribution in [0.4, 0.5) is 11.4 Å². The number of amides is 1. The molecule has 1 aromatic heterocycles. The van der Waals surface area contributed by atoms with E-state index in [-0.39, 0.29) is 58.2 Å².